The number of methoxy groups -OCH3 is 1. The highest BCUT2D eigenvalue weighted by atomic mass is 16.5. The highest BCUT2D eigenvalue weighted by Crippen LogP contribution is 2.22. The molecule has 0 aliphatic rings. The third-order valence-electron chi connectivity index (χ3n) is 2.82. The van der Waals surface area contributed by atoms with E-state index in [0.717, 1.165) is 12.8 Å². The Hall–Kier alpha value is -0.860. The standard InChI is InChI=1S/C13H21NO/c1-4-7-12(15-3)13(14)11-9-6-5-8-10(11)2/h5-6,8-9,12-13H,4,7,14H2,1-3H3. The predicted octanol–water partition coefficient (Wildman–Crippen LogP) is 2.81. The SMILES string of the molecule is CCCC(OC)C(N)c1ccccc1C. The van der Waals surface area contributed by atoms with Crippen LogP contribution in [0.1, 0.15) is 36.9 Å². The molecule has 0 fully saturated rings. The van der Waals surface area contributed by atoms with Gasteiger partial charge in [-0.2, -0.15) is 0 Å². The highest BCUT2D eigenvalue weighted by molar-refractivity contribution is 5.29. The molecule has 2 heteroatoms. The fraction of sp³-hybridized carbons (Fsp3) is 0.538. The summed E-state index contributed by atoms with van der Waals surface area (Å²) in [5, 5.41) is 0. The van der Waals surface area contributed by atoms with E-state index < -0.39 is 0 Å². The Labute approximate surface area is 92.4 Å². The van der Waals surface area contributed by atoms with E-state index in [0.29, 0.717) is 0 Å². The van der Waals surface area contributed by atoms with Crippen LogP contribution in [0.15, 0.2) is 24.3 Å². The van der Waals surface area contributed by atoms with Gasteiger partial charge in [-0.25, -0.2) is 0 Å². The van der Waals surface area contributed by atoms with Gasteiger partial charge in [0.05, 0.1) is 12.1 Å². The summed E-state index contributed by atoms with van der Waals surface area (Å²) in [5.41, 5.74) is 8.64. The Morgan fingerprint density at radius 1 is 1.33 bits per heavy atom. The van der Waals surface area contributed by atoms with Gasteiger partial charge in [0.1, 0.15) is 0 Å². The van der Waals surface area contributed by atoms with Crippen molar-refractivity contribution in [2.24, 2.45) is 5.73 Å². The summed E-state index contributed by atoms with van der Waals surface area (Å²) in [7, 11) is 1.73. The fourth-order valence-electron chi connectivity index (χ4n) is 1.89. The maximum atomic E-state index is 6.21. The molecule has 0 heterocycles. The maximum absolute atomic E-state index is 6.21. The molecule has 2 atom stereocenters. The number of ether oxygens (including phenoxy) is 1. The largest absolute Gasteiger partial charge is 0.379 e. The zero-order chi connectivity index (χ0) is 11.3. The van der Waals surface area contributed by atoms with Crippen LogP contribution in [0.3, 0.4) is 0 Å². The first-order chi connectivity index (χ1) is 7.20. The van der Waals surface area contributed by atoms with E-state index >= 15 is 0 Å². The van der Waals surface area contributed by atoms with Crippen LogP contribution in [-0.2, 0) is 4.74 Å². The predicted molar refractivity (Wildman–Crippen MR) is 63.8 cm³/mol. The Bertz CT molecular complexity index is 298. The van der Waals surface area contributed by atoms with Gasteiger partial charge < -0.3 is 10.5 Å². The van der Waals surface area contributed by atoms with E-state index in [9.17, 15) is 0 Å². The van der Waals surface area contributed by atoms with Crippen molar-refractivity contribution in [3.63, 3.8) is 0 Å². The lowest BCUT2D eigenvalue weighted by atomic mass is 9.95. The molecule has 0 aliphatic carbocycles. The van der Waals surface area contributed by atoms with Gasteiger partial charge in [0.15, 0.2) is 0 Å². The molecule has 1 rings (SSSR count). The van der Waals surface area contributed by atoms with Crippen molar-refractivity contribution in [2.75, 3.05) is 7.11 Å². The van der Waals surface area contributed by atoms with Crippen LogP contribution in [-0.4, -0.2) is 13.2 Å². The minimum absolute atomic E-state index is 0.0175. The first kappa shape index (κ1) is 12.2. The van der Waals surface area contributed by atoms with Crippen molar-refractivity contribution in [1.29, 1.82) is 0 Å². The summed E-state index contributed by atoms with van der Waals surface area (Å²) in [6.07, 6.45) is 2.22. The molecule has 84 valence electrons. The monoisotopic (exact) mass is 207 g/mol. The molecule has 0 saturated carbocycles. The summed E-state index contributed by atoms with van der Waals surface area (Å²) in [4.78, 5) is 0. The Balaban J connectivity index is 2.82. The van der Waals surface area contributed by atoms with E-state index in [1.807, 2.05) is 12.1 Å². The van der Waals surface area contributed by atoms with Crippen LogP contribution >= 0.6 is 0 Å². The van der Waals surface area contributed by atoms with Gasteiger partial charge in [0, 0.05) is 7.11 Å². The molecule has 15 heavy (non-hydrogen) atoms. The molecule has 0 radical (unpaired) electrons. The maximum Gasteiger partial charge on any atom is 0.0763 e. The first-order valence-corrected chi connectivity index (χ1v) is 5.54. The molecule has 0 aliphatic heterocycles. The zero-order valence-corrected chi connectivity index (χ0v) is 9.86. The molecule has 2 N–H and O–H groups in total. The average molecular weight is 207 g/mol. The number of nitrogens with two attached hydrogens (primary N) is 1. The smallest absolute Gasteiger partial charge is 0.0763 e. The summed E-state index contributed by atoms with van der Waals surface area (Å²) in [6, 6.07) is 8.22. The van der Waals surface area contributed by atoms with E-state index in [2.05, 4.69) is 26.0 Å². The molecule has 0 amide bonds. The van der Waals surface area contributed by atoms with Crippen molar-refractivity contribution in [2.45, 2.75) is 38.8 Å². The van der Waals surface area contributed by atoms with Crippen molar-refractivity contribution in [3.8, 4) is 0 Å². The average Bonchev–Trinajstić information content (AvgIpc) is 2.25. The van der Waals surface area contributed by atoms with Crippen LogP contribution in [0.2, 0.25) is 0 Å². The van der Waals surface area contributed by atoms with Gasteiger partial charge in [-0.3, -0.25) is 0 Å². The quantitative estimate of drug-likeness (QED) is 0.805. The lowest BCUT2D eigenvalue weighted by Crippen LogP contribution is -2.28. The fourth-order valence-corrected chi connectivity index (χ4v) is 1.89. The molecule has 0 saturated heterocycles. The van der Waals surface area contributed by atoms with Crippen molar-refractivity contribution in [1.82, 2.24) is 0 Å². The Morgan fingerprint density at radius 2 is 2.00 bits per heavy atom. The molecular formula is C13H21NO. The summed E-state index contributed by atoms with van der Waals surface area (Å²) in [6.45, 7) is 4.24. The molecule has 0 bridgehead atoms. The van der Waals surface area contributed by atoms with Crippen molar-refractivity contribution in [3.05, 3.63) is 35.4 Å². The van der Waals surface area contributed by atoms with Gasteiger partial charge in [-0.15, -0.1) is 0 Å². The Morgan fingerprint density at radius 3 is 2.53 bits per heavy atom. The number of benzene rings is 1. The van der Waals surface area contributed by atoms with Gasteiger partial charge in [-0.05, 0) is 24.5 Å². The second kappa shape index (κ2) is 5.89. The van der Waals surface area contributed by atoms with Crippen LogP contribution in [0, 0.1) is 6.92 Å². The summed E-state index contributed by atoms with van der Waals surface area (Å²) < 4.78 is 5.44. The molecule has 1 aromatic rings. The molecule has 0 spiro atoms. The number of rotatable bonds is 5. The topological polar surface area (TPSA) is 35.2 Å². The molecule has 2 unspecified atom stereocenters. The number of hydrogen-bond donors (Lipinski definition) is 1. The molecular weight excluding hydrogens is 186 g/mol. The van der Waals surface area contributed by atoms with Gasteiger partial charge in [0.25, 0.3) is 0 Å². The lowest BCUT2D eigenvalue weighted by molar-refractivity contribution is 0.0723. The number of hydrogen-bond acceptors (Lipinski definition) is 2. The van der Waals surface area contributed by atoms with E-state index in [1.54, 1.807) is 7.11 Å². The second-order valence-corrected chi connectivity index (χ2v) is 3.95. The lowest BCUT2D eigenvalue weighted by Gasteiger charge is -2.23. The van der Waals surface area contributed by atoms with Crippen LogP contribution in [0.4, 0.5) is 0 Å². The molecule has 2 nitrogen and oxygen atoms in total. The van der Waals surface area contributed by atoms with E-state index in [1.165, 1.54) is 11.1 Å². The Kier molecular flexibility index (Phi) is 4.79. The number of aryl methyl sites for hydroxylation is 1. The minimum atomic E-state index is -0.0175. The van der Waals surface area contributed by atoms with Crippen LogP contribution in [0.5, 0.6) is 0 Å². The third-order valence-corrected chi connectivity index (χ3v) is 2.82. The second-order valence-electron chi connectivity index (χ2n) is 3.95. The van der Waals surface area contributed by atoms with Crippen LogP contribution < -0.4 is 5.73 Å². The minimum Gasteiger partial charge on any atom is -0.379 e. The van der Waals surface area contributed by atoms with E-state index in [-0.39, 0.29) is 12.1 Å². The first-order valence-electron chi connectivity index (χ1n) is 5.54. The zero-order valence-electron chi connectivity index (χ0n) is 9.86. The van der Waals surface area contributed by atoms with Gasteiger partial charge in [-0.1, -0.05) is 37.6 Å². The van der Waals surface area contributed by atoms with E-state index in [4.69, 9.17) is 10.5 Å². The van der Waals surface area contributed by atoms with Crippen molar-refractivity contribution >= 4 is 0 Å². The summed E-state index contributed by atoms with van der Waals surface area (Å²) in [5.74, 6) is 0. The third kappa shape index (κ3) is 3.05. The normalized spacial score (nSPS) is 14.9. The highest BCUT2D eigenvalue weighted by Gasteiger charge is 2.19. The summed E-state index contributed by atoms with van der Waals surface area (Å²) >= 11 is 0. The van der Waals surface area contributed by atoms with Gasteiger partial charge >= 0.3 is 0 Å². The van der Waals surface area contributed by atoms with Crippen molar-refractivity contribution < 1.29 is 4.74 Å². The molecule has 1 aromatic carbocycles. The molecule has 0 aromatic heterocycles. The van der Waals surface area contributed by atoms with Crippen LogP contribution in [0.25, 0.3) is 0 Å². The van der Waals surface area contributed by atoms with Gasteiger partial charge in [0.2, 0.25) is 0 Å².